The van der Waals surface area contributed by atoms with Crippen molar-refractivity contribution in [3.63, 3.8) is 0 Å². The SMILES string of the molecule is CC1(C)CNc2cc(N3CCOCC3)cnc21.COc1cccc(Cc2nc3cc(F)cc(F)c3c(Cl)c2C)c1.COc1cccc(Cc2nc3cc(F)cc(F)c3c(N3CC(C)(C)c4ncc(N5CCOCC5)cc43)c2C)c1. The molecule has 0 atom stereocenters. The van der Waals surface area contributed by atoms with E-state index in [1.165, 1.54) is 29.2 Å². The first-order chi connectivity index (χ1) is 37.9. The Kier molecular flexibility index (Phi) is 15.9. The molecular weight excluding hydrogens is 1030 g/mol. The standard InChI is InChI=1S/C31H32F2N4O2.C18H14ClF2NO.C13H19N3O/c1-19-25(13-20-6-5-7-23(12-20)38-4)35-26-15-21(32)14-24(33)28(26)29(19)37-18-31(2,3)30-27(37)16-22(17-34-30)36-8-10-39-11-9-36;1-10-15(7-11-4-3-5-13(6-11)23-2)22-16-9-12(20)8-14(21)17(16)18(10)19;1-13(2)9-15-11-7-10(8-14-12(11)13)16-3-5-17-6-4-16/h5-7,12,14-17H,8-11,13,18H2,1-4H3;3-6,8-9H,7H2,1-2H3;7-8,15H,3-6,9H2,1-2H3. The second-order valence-corrected chi connectivity index (χ2v) is 22.1. The number of rotatable bonds is 9. The number of aromatic nitrogens is 4. The van der Waals surface area contributed by atoms with Crippen LogP contribution in [0, 0.1) is 37.1 Å². The van der Waals surface area contributed by atoms with Gasteiger partial charge in [0, 0.05) is 92.9 Å². The average Bonchev–Trinajstić information content (AvgIpc) is 4.18. The van der Waals surface area contributed by atoms with E-state index in [1.807, 2.05) is 67.8 Å². The Bertz CT molecular complexity index is 3570. The van der Waals surface area contributed by atoms with Gasteiger partial charge in [0.2, 0.25) is 0 Å². The first kappa shape index (κ1) is 55.1. The molecule has 0 aliphatic carbocycles. The number of ether oxygens (including phenoxy) is 4. The van der Waals surface area contributed by atoms with Gasteiger partial charge in [0.15, 0.2) is 0 Å². The Hall–Kier alpha value is -7.27. The summed E-state index contributed by atoms with van der Waals surface area (Å²) < 4.78 is 79.0. The number of fused-ring (bicyclic) bond motifs is 4. The second-order valence-electron chi connectivity index (χ2n) is 21.7. The number of nitrogens with zero attached hydrogens (tertiary/aromatic N) is 7. The van der Waals surface area contributed by atoms with E-state index in [-0.39, 0.29) is 26.8 Å². The zero-order chi connectivity index (χ0) is 55.8. The molecule has 4 aromatic carbocycles. The number of benzene rings is 4. The molecule has 2 fully saturated rings. The zero-order valence-corrected chi connectivity index (χ0v) is 46.6. The summed E-state index contributed by atoms with van der Waals surface area (Å²) in [7, 11) is 3.23. The molecule has 1 N–H and O–H groups in total. The number of pyridine rings is 4. The van der Waals surface area contributed by atoms with E-state index in [0.717, 1.165) is 109 Å². The van der Waals surface area contributed by atoms with Crippen LogP contribution in [0.5, 0.6) is 11.5 Å². The number of anilines is 5. The third-order valence-electron chi connectivity index (χ3n) is 15.2. The maximum absolute atomic E-state index is 15.6. The van der Waals surface area contributed by atoms with E-state index >= 15 is 4.39 Å². The van der Waals surface area contributed by atoms with E-state index in [4.69, 9.17) is 40.5 Å². The molecule has 8 aromatic rings. The van der Waals surface area contributed by atoms with Crippen LogP contribution in [0.1, 0.15) is 72.7 Å². The van der Waals surface area contributed by atoms with Gasteiger partial charge in [-0.15, -0.1) is 0 Å². The lowest BCUT2D eigenvalue weighted by Gasteiger charge is -2.30. The van der Waals surface area contributed by atoms with Gasteiger partial charge < -0.3 is 39.0 Å². The fourth-order valence-corrected chi connectivity index (χ4v) is 11.2. The normalized spacial score (nSPS) is 16.1. The molecule has 0 saturated carbocycles. The highest BCUT2D eigenvalue weighted by Gasteiger charge is 2.40. The van der Waals surface area contributed by atoms with Gasteiger partial charge in [-0.3, -0.25) is 19.9 Å². The van der Waals surface area contributed by atoms with Crippen LogP contribution in [-0.4, -0.2) is 99.9 Å². The zero-order valence-electron chi connectivity index (χ0n) is 45.9. The summed E-state index contributed by atoms with van der Waals surface area (Å²) in [5, 5.41) is 4.19. The topological polar surface area (TPSA) is 110 Å². The van der Waals surface area contributed by atoms with Crippen LogP contribution >= 0.6 is 11.6 Å². The van der Waals surface area contributed by atoms with E-state index in [0.29, 0.717) is 60.4 Å². The highest BCUT2D eigenvalue weighted by atomic mass is 35.5. The number of hydrogen-bond acceptors (Lipinski definition) is 12. The van der Waals surface area contributed by atoms with Gasteiger partial charge in [-0.1, -0.05) is 63.6 Å². The minimum atomic E-state index is -0.700. The second kappa shape index (κ2) is 22.8. The van der Waals surface area contributed by atoms with Gasteiger partial charge in [0.1, 0.15) is 34.8 Å². The minimum Gasteiger partial charge on any atom is -0.497 e. The molecule has 0 unspecified atom stereocenters. The predicted molar refractivity (Wildman–Crippen MR) is 305 cm³/mol. The summed E-state index contributed by atoms with van der Waals surface area (Å²) >= 11 is 6.29. The third-order valence-corrected chi connectivity index (χ3v) is 15.7. The molecule has 0 radical (unpaired) electrons. The van der Waals surface area contributed by atoms with E-state index in [1.54, 1.807) is 21.1 Å². The maximum Gasteiger partial charge on any atom is 0.137 e. The molecule has 0 spiro atoms. The van der Waals surface area contributed by atoms with Crippen molar-refractivity contribution >= 4 is 61.8 Å². The van der Waals surface area contributed by atoms with Gasteiger partial charge >= 0.3 is 0 Å². The maximum atomic E-state index is 15.6. The number of methoxy groups -OCH3 is 2. The number of hydrogen-bond donors (Lipinski definition) is 1. The van der Waals surface area contributed by atoms with E-state index in [9.17, 15) is 13.2 Å². The van der Waals surface area contributed by atoms with Crippen molar-refractivity contribution in [1.82, 2.24) is 19.9 Å². The van der Waals surface area contributed by atoms with Crippen molar-refractivity contribution in [2.45, 2.75) is 65.2 Å². The van der Waals surface area contributed by atoms with Crippen molar-refractivity contribution in [1.29, 1.82) is 0 Å². The lowest BCUT2D eigenvalue weighted by Crippen LogP contribution is -2.36. The van der Waals surface area contributed by atoms with Crippen LogP contribution in [0.15, 0.2) is 97.3 Å². The first-order valence-corrected chi connectivity index (χ1v) is 26.9. The molecule has 0 amide bonds. The summed E-state index contributed by atoms with van der Waals surface area (Å²) in [6, 6.07) is 24.0. The molecule has 12 rings (SSSR count). The number of halogens is 5. The van der Waals surface area contributed by atoms with Crippen molar-refractivity contribution < 1.29 is 36.5 Å². The predicted octanol–water partition coefficient (Wildman–Crippen LogP) is 12.8. The van der Waals surface area contributed by atoms with E-state index in [2.05, 4.69) is 69.8 Å². The van der Waals surface area contributed by atoms with Crippen LogP contribution < -0.4 is 29.5 Å². The molecule has 2 saturated heterocycles. The fraction of sp³-hybridized carbons (Fsp3) is 0.355. The van der Waals surface area contributed by atoms with Crippen LogP contribution in [0.2, 0.25) is 5.02 Å². The average molecular weight is 1100 g/mol. The van der Waals surface area contributed by atoms with Gasteiger partial charge in [0.25, 0.3) is 0 Å². The summed E-state index contributed by atoms with van der Waals surface area (Å²) in [5.41, 5.74) is 12.6. The van der Waals surface area contributed by atoms with Crippen LogP contribution in [0.3, 0.4) is 0 Å². The van der Waals surface area contributed by atoms with Gasteiger partial charge in [-0.05, 0) is 72.5 Å². The Morgan fingerprint density at radius 1 is 0.620 bits per heavy atom. The molecule has 4 aliphatic rings. The molecule has 8 heterocycles. The Balaban J connectivity index is 0.000000148. The highest BCUT2D eigenvalue weighted by Crippen LogP contribution is 2.48. The van der Waals surface area contributed by atoms with Gasteiger partial charge in [-0.2, -0.15) is 0 Å². The summed E-state index contributed by atoms with van der Waals surface area (Å²) in [5.74, 6) is -1.15. The van der Waals surface area contributed by atoms with Crippen molar-refractivity contribution in [2.24, 2.45) is 0 Å². The highest BCUT2D eigenvalue weighted by molar-refractivity contribution is 6.36. The Morgan fingerprint density at radius 3 is 1.68 bits per heavy atom. The lowest BCUT2D eigenvalue weighted by atomic mass is 9.91. The monoisotopic (exact) mass is 1100 g/mol. The minimum absolute atomic E-state index is 0.152. The van der Waals surface area contributed by atoms with Crippen molar-refractivity contribution in [3.8, 4) is 11.5 Å². The largest absolute Gasteiger partial charge is 0.497 e. The molecule has 17 heteroatoms. The first-order valence-electron chi connectivity index (χ1n) is 26.6. The summed E-state index contributed by atoms with van der Waals surface area (Å²) in [4.78, 5) is 25.5. The summed E-state index contributed by atoms with van der Waals surface area (Å²) in [6.07, 6.45) is 4.92. The van der Waals surface area contributed by atoms with E-state index < -0.39 is 23.3 Å². The lowest BCUT2D eigenvalue weighted by molar-refractivity contribution is 0.122. The Labute approximate surface area is 463 Å². The molecule has 79 heavy (non-hydrogen) atoms. The van der Waals surface area contributed by atoms with Crippen LogP contribution in [0.25, 0.3) is 21.8 Å². The molecular formula is C62H65ClF4N8O4. The molecule has 412 valence electrons. The fourth-order valence-electron chi connectivity index (χ4n) is 10.9. The number of morpholine rings is 2. The molecule has 4 aromatic heterocycles. The Morgan fingerprint density at radius 2 is 1.13 bits per heavy atom. The third kappa shape index (κ3) is 11.6. The van der Waals surface area contributed by atoms with Crippen molar-refractivity contribution in [2.75, 3.05) is 99.9 Å². The van der Waals surface area contributed by atoms with Gasteiger partial charge in [0.05, 0.1) is 125 Å². The van der Waals surface area contributed by atoms with Crippen LogP contribution in [-0.2, 0) is 33.1 Å². The molecule has 4 aliphatic heterocycles. The number of nitrogens with one attached hydrogen (secondary N) is 1. The summed E-state index contributed by atoms with van der Waals surface area (Å²) in [6.45, 7) is 20.6. The quantitative estimate of drug-likeness (QED) is 0.139. The van der Waals surface area contributed by atoms with Gasteiger partial charge in [-0.25, -0.2) is 17.6 Å². The molecule has 0 bridgehead atoms. The smallest absolute Gasteiger partial charge is 0.137 e. The molecule has 12 nitrogen and oxygen atoms in total. The van der Waals surface area contributed by atoms with Crippen LogP contribution in [0.4, 0.5) is 46.0 Å². The van der Waals surface area contributed by atoms with Crippen molar-refractivity contribution in [3.05, 3.63) is 171 Å².